The van der Waals surface area contributed by atoms with Gasteiger partial charge in [-0.25, -0.2) is 9.98 Å². The third-order valence-corrected chi connectivity index (χ3v) is 3.63. The number of aliphatic imine (C=N–C) groups is 1. The Hall–Kier alpha value is -1.13. The summed E-state index contributed by atoms with van der Waals surface area (Å²) in [5.41, 5.74) is 0.811. The molecule has 0 unspecified atom stereocenters. The zero-order valence-corrected chi connectivity index (χ0v) is 16.5. The molecule has 2 N–H and O–H groups in total. The Morgan fingerprint density at radius 3 is 2.96 bits per heavy atom. The van der Waals surface area contributed by atoms with E-state index >= 15 is 0 Å². The highest BCUT2D eigenvalue weighted by atomic mass is 127. The van der Waals surface area contributed by atoms with Gasteiger partial charge in [0.05, 0.1) is 18.0 Å². The minimum atomic E-state index is 0. The molecule has 0 atom stereocenters. The quantitative estimate of drug-likeness (QED) is 0.280. The summed E-state index contributed by atoms with van der Waals surface area (Å²) in [6.07, 6.45) is 1.66. The number of nitrogens with zero attached hydrogens (tertiary/aromatic N) is 2. The van der Waals surface area contributed by atoms with Crippen LogP contribution in [-0.4, -0.2) is 37.2 Å². The van der Waals surface area contributed by atoms with E-state index in [2.05, 4.69) is 20.6 Å². The fourth-order valence-corrected chi connectivity index (χ4v) is 2.44. The molecule has 0 aromatic carbocycles. The highest BCUT2D eigenvalue weighted by Crippen LogP contribution is 2.23. The minimum Gasteiger partial charge on any atom is -0.443 e. The zero-order valence-electron chi connectivity index (χ0n) is 13.4. The van der Waals surface area contributed by atoms with Crippen LogP contribution in [0.1, 0.15) is 19.5 Å². The Balaban J connectivity index is 0.00000264. The molecule has 0 saturated carbocycles. The van der Waals surface area contributed by atoms with E-state index in [1.165, 1.54) is 0 Å². The number of ether oxygens (including phenoxy) is 1. The van der Waals surface area contributed by atoms with E-state index in [1.807, 2.05) is 31.4 Å². The van der Waals surface area contributed by atoms with E-state index in [1.54, 1.807) is 17.6 Å². The number of oxazole rings is 1. The van der Waals surface area contributed by atoms with Crippen molar-refractivity contribution in [2.24, 2.45) is 4.99 Å². The largest absolute Gasteiger partial charge is 0.443 e. The summed E-state index contributed by atoms with van der Waals surface area (Å²) in [7, 11) is 0. The van der Waals surface area contributed by atoms with Crippen LogP contribution >= 0.6 is 35.3 Å². The molecule has 8 heteroatoms. The van der Waals surface area contributed by atoms with E-state index in [9.17, 15) is 0 Å². The number of hydrogen-bond acceptors (Lipinski definition) is 5. The summed E-state index contributed by atoms with van der Waals surface area (Å²) < 4.78 is 10.8. The van der Waals surface area contributed by atoms with Crippen LogP contribution in [0.2, 0.25) is 0 Å². The minimum absolute atomic E-state index is 0. The number of hydrogen-bond donors (Lipinski definition) is 2. The predicted molar refractivity (Wildman–Crippen MR) is 105 cm³/mol. The fraction of sp³-hybridized carbons (Fsp3) is 0.467. The first-order chi connectivity index (χ1) is 10.8. The van der Waals surface area contributed by atoms with Gasteiger partial charge in [-0.15, -0.1) is 35.3 Å². The SMILES string of the molecule is CCNC(=NCc1coc(-c2cccs2)n1)NCCOCC.I. The maximum absolute atomic E-state index is 5.48. The molecule has 0 aliphatic heterocycles. The first-order valence-corrected chi connectivity index (χ1v) is 8.29. The van der Waals surface area contributed by atoms with E-state index in [-0.39, 0.29) is 24.0 Å². The van der Waals surface area contributed by atoms with Crippen molar-refractivity contribution in [3.05, 3.63) is 29.5 Å². The molecular formula is C15H23IN4O2S. The van der Waals surface area contributed by atoms with Crippen molar-refractivity contribution in [2.75, 3.05) is 26.3 Å². The highest BCUT2D eigenvalue weighted by Gasteiger charge is 2.07. The van der Waals surface area contributed by atoms with Crippen LogP contribution in [0.4, 0.5) is 0 Å². The van der Waals surface area contributed by atoms with E-state index in [4.69, 9.17) is 9.15 Å². The number of nitrogens with one attached hydrogen (secondary N) is 2. The maximum atomic E-state index is 5.48. The van der Waals surface area contributed by atoms with Crippen molar-refractivity contribution in [2.45, 2.75) is 20.4 Å². The molecule has 0 saturated heterocycles. The first-order valence-electron chi connectivity index (χ1n) is 7.41. The second-order valence-electron chi connectivity index (χ2n) is 4.44. The van der Waals surface area contributed by atoms with Crippen LogP contribution in [0.25, 0.3) is 10.8 Å². The highest BCUT2D eigenvalue weighted by molar-refractivity contribution is 14.0. The molecule has 2 heterocycles. The summed E-state index contributed by atoms with van der Waals surface area (Å²) in [4.78, 5) is 9.97. The number of thiophene rings is 1. The zero-order chi connectivity index (χ0) is 15.6. The van der Waals surface area contributed by atoms with Gasteiger partial charge in [-0.2, -0.15) is 0 Å². The van der Waals surface area contributed by atoms with Gasteiger partial charge in [0.25, 0.3) is 0 Å². The Bertz CT molecular complexity index is 572. The Labute approximate surface area is 157 Å². The number of aromatic nitrogens is 1. The molecule has 0 radical (unpaired) electrons. The molecule has 0 amide bonds. The van der Waals surface area contributed by atoms with Crippen LogP contribution in [-0.2, 0) is 11.3 Å². The average Bonchev–Trinajstić information content (AvgIpc) is 3.19. The molecule has 128 valence electrons. The normalized spacial score (nSPS) is 11.1. The van der Waals surface area contributed by atoms with Gasteiger partial charge in [-0.3, -0.25) is 0 Å². The first kappa shape index (κ1) is 19.9. The Kier molecular flexibility index (Phi) is 9.88. The van der Waals surface area contributed by atoms with Crippen LogP contribution in [0.3, 0.4) is 0 Å². The second kappa shape index (κ2) is 11.4. The summed E-state index contributed by atoms with van der Waals surface area (Å²) in [6.45, 7) is 7.39. The Morgan fingerprint density at radius 2 is 2.26 bits per heavy atom. The van der Waals surface area contributed by atoms with Gasteiger partial charge < -0.3 is 19.8 Å². The summed E-state index contributed by atoms with van der Waals surface area (Å²) in [5.74, 6) is 1.40. The van der Waals surface area contributed by atoms with Gasteiger partial charge in [-0.05, 0) is 25.3 Å². The van der Waals surface area contributed by atoms with Gasteiger partial charge in [0.2, 0.25) is 5.89 Å². The second-order valence-corrected chi connectivity index (χ2v) is 5.39. The van der Waals surface area contributed by atoms with Gasteiger partial charge in [0.1, 0.15) is 12.0 Å². The summed E-state index contributed by atoms with van der Waals surface area (Å²) in [5, 5.41) is 8.41. The van der Waals surface area contributed by atoms with Gasteiger partial charge in [0.15, 0.2) is 5.96 Å². The molecule has 0 spiro atoms. The third-order valence-electron chi connectivity index (χ3n) is 2.77. The molecule has 6 nitrogen and oxygen atoms in total. The summed E-state index contributed by atoms with van der Waals surface area (Å²) in [6, 6.07) is 3.97. The Morgan fingerprint density at radius 1 is 1.39 bits per heavy atom. The van der Waals surface area contributed by atoms with Gasteiger partial charge in [0, 0.05) is 19.7 Å². The standard InChI is InChI=1S/C15H22N4O2S.HI/c1-3-16-15(17-7-8-20-4-2)18-10-12-11-21-14(19-12)13-6-5-9-22-13;/h5-6,9,11H,3-4,7-8,10H2,1-2H3,(H2,16,17,18);1H. The number of guanidine groups is 1. The molecular weight excluding hydrogens is 427 g/mol. The van der Waals surface area contributed by atoms with E-state index < -0.39 is 0 Å². The molecule has 2 aromatic heterocycles. The van der Waals surface area contributed by atoms with Crippen LogP contribution in [0.15, 0.2) is 33.2 Å². The van der Waals surface area contributed by atoms with E-state index in [0.717, 1.165) is 36.2 Å². The monoisotopic (exact) mass is 450 g/mol. The molecule has 0 aliphatic carbocycles. The van der Waals surface area contributed by atoms with E-state index in [0.29, 0.717) is 19.0 Å². The fourth-order valence-electron chi connectivity index (χ4n) is 1.78. The molecule has 2 aromatic rings. The van der Waals surface area contributed by atoms with Crippen LogP contribution in [0.5, 0.6) is 0 Å². The molecule has 0 aliphatic rings. The van der Waals surface area contributed by atoms with Gasteiger partial charge >= 0.3 is 0 Å². The predicted octanol–water partition coefficient (Wildman–Crippen LogP) is 3.11. The topological polar surface area (TPSA) is 71.7 Å². The number of rotatable bonds is 8. The van der Waals surface area contributed by atoms with Gasteiger partial charge in [-0.1, -0.05) is 6.07 Å². The van der Waals surface area contributed by atoms with Crippen molar-refractivity contribution in [3.63, 3.8) is 0 Å². The average molecular weight is 450 g/mol. The molecule has 0 bridgehead atoms. The van der Waals surface area contributed by atoms with Crippen LogP contribution < -0.4 is 10.6 Å². The molecule has 0 fully saturated rings. The van der Waals surface area contributed by atoms with Crippen molar-refractivity contribution in [1.29, 1.82) is 0 Å². The van der Waals surface area contributed by atoms with Crippen molar-refractivity contribution >= 4 is 41.3 Å². The lowest BCUT2D eigenvalue weighted by Crippen LogP contribution is -2.39. The number of halogens is 1. The lowest BCUT2D eigenvalue weighted by molar-refractivity contribution is 0.152. The van der Waals surface area contributed by atoms with Crippen molar-refractivity contribution in [3.8, 4) is 10.8 Å². The molecule has 23 heavy (non-hydrogen) atoms. The van der Waals surface area contributed by atoms with Crippen LogP contribution in [0, 0.1) is 0 Å². The lowest BCUT2D eigenvalue weighted by atomic mass is 10.4. The van der Waals surface area contributed by atoms with Crippen molar-refractivity contribution < 1.29 is 9.15 Å². The summed E-state index contributed by atoms with van der Waals surface area (Å²) >= 11 is 1.61. The maximum Gasteiger partial charge on any atom is 0.236 e. The molecule has 2 rings (SSSR count). The van der Waals surface area contributed by atoms with Crippen molar-refractivity contribution in [1.82, 2.24) is 15.6 Å². The lowest BCUT2D eigenvalue weighted by Gasteiger charge is -2.10. The third kappa shape index (κ3) is 6.88. The smallest absolute Gasteiger partial charge is 0.236 e.